The van der Waals surface area contributed by atoms with Crippen LogP contribution < -0.4 is 4.74 Å². The quantitative estimate of drug-likeness (QED) is 0.651. The number of carbonyl (C=O) groups excluding carboxylic acids is 2. The van der Waals surface area contributed by atoms with E-state index in [1.165, 1.54) is 12.1 Å². The first kappa shape index (κ1) is 22.5. The molecule has 2 heterocycles. The van der Waals surface area contributed by atoms with Crippen molar-refractivity contribution in [3.63, 3.8) is 0 Å². The number of rotatable bonds is 5. The second-order valence-corrected chi connectivity index (χ2v) is 9.18. The second-order valence-electron chi connectivity index (χ2n) is 9.18. The first-order valence-corrected chi connectivity index (χ1v) is 11.4. The molecule has 0 aromatic heterocycles. The fourth-order valence-corrected chi connectivity index (χ4v) is 4.87. The Labute approximate surface area is 189 Å². The van der Waals surface area contributed by atoms with E-state index < -0.39 is 5.60 Å². The summed E-state index contributed by atoms with van der Waals surface area (Å²) in [6.07, 6.45) is 3.05. The number of aryl methyl sites for hydroxylation is 1. The molecule has 5 nitrogen and oxygen atoms in total. The predicted molar refractivity (Wildman–Crippen MR) is 121 cm³/mol. The molecule has 1 atom stereocenters. The molecule has 0 N–H and O–H groups in total. The van der Waals surface area contributed by atoms with Gasteiger partial charge in [0.05, 0.1) is 6.54 Å². The van der Waals surface area contributed by atoms with Gasteiger partial charge in [-0.3, -0.25) is 14.5 Å². The number of halogens is 1. The number of piperidine rings is 1. The van der Waals surface area contributed by atoms with E-state index in [4.69, 9.17) is 4.74 Å². The van der Waals surface area contributed by atoms with E-state index in [2.05, 4.69) is 24.0 Å². The van der Waals surface area contributed by atoms with Crippen molar-refractivity contribution in [3.8, 4) is 5.75 Å². The maximum atomic E-state index is 13.1. The molecule has 0 radical (unpaired) electrons. The van der Waals surface area contributed by atoms with Crippen molar-refractivity contribution in [1.82, 2.24) is 9.80 Å². The van der Waals surface area contributed by atoms with Crippen LogP contribution in [-0.4, -0.2) is 53.3 Å². The van der Waals surface area contributed by atoms with Crippen LogP contribution in [0.3, 0.4) is 0 Å². The fourth-order valence-electron chi connectivity index (χ4n) is 4.87. The Morgan fingerprint density at radius 2 is 1.91 bits per heavy atom. The number of likely N-dealkylation sites (tertiary alicyclic amines) is 1. The van der Waals surface area contributed by atoms with Crippen LogP contribution in [-0.2, 0) is 11.3 Å². The molecule has 6 heteroatoms. The molecule has 1 fully saturated rings. The number of fused-ring (bicyclic) bond motifs is 1. The van der Waals surface area contributed by atoms with Gasteiger partial charge in [0.2, 0.25) is 5.91 Å². The summed E-state index contributed by atoms with van der Waals surface area (Å²) in [6.45, 7) is 7.29. The van der Waals surface area contributed by atoms with Gasteiger partial charge in [-0.25, -0.2) is 4.39 Å². The van der Waals surface area contributed by atoms with Crippen molar-refractivity contribution >= 4 is 11.7 Å². The summed E-state index contributed by atoms with van der Waals surface area (Å²) in [5, 5.41) is 0. The van der Waals surface area contributed by atoms with Crippen molar-refractivity contribution in [1.29, 1.82) is 0 Å². The maximum Gasteiger partial charge on any atom is 0.219 e. The van der Waals surface area contributed by atoms with Gasteiger partial charge in [-0.2, -0.15) is 0 Å². The molecule has 0 aliphatic carbocycles. The summed E-state index contributed by atoms with van der Waals surface area (Å²) in [5.41, 5.74) is 2.32. The largest absolute Gasteiger partial charge is 0.484 e. The fraction of sp³-hybridized carbons (Fsp3) is 0.462. The first-order valence-electron chi connectivity index (χ1n) is 11.4. The molecule has 2 aliphatic rings. The highest BCUT2D eigenvalue weighted by atomic mass is 19.1. The molecule has 2 aromatic rings. The lowest BCUT2D eigenvalue weighted by Crippen LogP contribution is -2.57. The number of carbonyl (C=O) groups is 2. The molecule has 0 saturated carbocycles. The van der Waals surface area contributed by atoms with E-state index in [0.717, 1.165) is 55.8 Å². The minimum Gasteiger partial charge on any atom is -0.484 e. The van der Waals surface area contributed by atoms with Crippen molar-refractivity contribution in [2.75, 3.05) is 26.2 Å². The molecular weight excluding hydrogens is 407 g/mol. The van der Waals surface area contributed by atoms with E-state index in [1.54, 1.807) is 19.1 Å². The molecule has 2 aliphatic heterocycles. The molecule has 170 valence electrons. The van der Waals surface area contributed by atoms with Gasteiger partial charge in [-0.05, 0) is 69.6 Å². The number of amides is 1. The van der Waals surface area contributed by atoms with Gasteiger partial charge in [0.25, 0.3) is 0 Å². The van der Waals surface area contributed by atoms with Crippen molar-refractivity contribution in [2.45, 2.75) is 51.7 Å². The van der Waals surface area contributed by atoms with E-state index >= 15 is 0 Å². The molecule has 1 amide bonds. The normalized spacial score (nSPS) is 21.0. The monoisotopic (exact) mass is 438 g/mol. The van der Waals surface area contributed by atoms with Gasteiger partial charge in [-0.1, -0.05) is 17.7 Å². The van der Waals surface area contributed by atoms with E-state index in [-0.39, 0.29) is 17.5 Å². The maximum absolute atomic E-state index is 13.1. The minimum atomic E-state index is -0.439. The number of Topliss-reactive ketones (excluding diaryl/α,β-unsaturated/α-hetero) is 1. The van der Waals surface area contributed by atoms with Gasteiger partial charge in [0.1, 0.15) is 17.2 Å². The Bertz CT molecular complexity index is 991. The Morgan fingerprint density at radius 3 is 2.66 bits per heavy atom. The highest BCUT2D eigenvalue weighted by molar-refractivity contribution is 5.95. The molecule has 0 bridgehead atoms. The molecular formula is C26H31FN2O3. The van der Waals surface area contributed by atoms with Gasteiger partial charge >= 0.3 is 0 Å². The highest BCUT2D eigenvalue weighted by Gasteiger charge is 2.42. The SMILES string of the molecule is CC(=O)N1Cc2cc(C)ccc2O[C@]2(CCCN(CCCC(=O)c3ccc(F)cc3)C2)C1. The predicted octanol–water partition coefficient (Wildman–Crippen LogP) is 4.37. The van der Waals surface area contributed by atoms with Crippen molar-refractivity contribution in [2.24, 2.45) is 0 Å². The van der Waals surface area contributed by atoms with Crippen LogP contribution in [0.4, 0.5) is 4.39 Å². The van der Waals surface area contributed by atoms with Crippen LogP contribution in [0, 0.1) is 12.7 Å². The third kappa shape index (κ3) is 5.18. The molecule has 1 saturated heterocycles. The number of nitrogens with zero attached hydrogens (tertiary/aromatic N) is 2. The number of benzene rings is 2. The number of ketones is 1. The van der Waals surface area contributed by atoms with E-state index in [9.17, 15) is 14.0 Å². The summed E-state index contributed by atoms with van der Waals surface area (Å²) in [5.74, 6) is 0.631. The minimum absolute atomic E-state index is 0.0366. The average Bonchev–Trinajstić information content (AvgIpc) is 2.90. The zero-order valence-electron chi connectivity index (χ0n) is 18.9. The first-order chi connectivity index (χ1) is 15.3. The van der Waals surface area contributed by atoms with Crippen LogP contribution in [0.1, 0.15) is 54.1 Å². The second kappa shape index (κ2) is 9.41. The van der Waals surface area contributed by atoms with E-state index in [1.807, 2.05) is 11.0 Å². The van der Waals surface area contributed by atoms with Crippen LogP contribution in [0.15, 0.2) is 42.5 Å². The van der Waals surface area contributed by atoms with Gasteiger partial charge in [-0.15, -0.1) is 0 Å². The Balaban J connectivity index is 1.42. The van der Waals surface area contributed by atoms with Gasteiger partial charge in [0.15, 0.2) is 5.78 Å². The number of ether oxygens (including phenoxy) is 1. The Hall–Kier alpha value is -2.73. The summed E-state index contributed by atoms with van der Waals surface area (Å²) in [6, 6.07) is 11.9. The lowest BCUT2D eigenvalue weighted by molar-refractivity contribution is -0.133. The molecule has 4 rings (SSSR count). The summed E-state index contributed by atoms with van der Waals surface area (Å²) < 4.78 is 19.7. The lowest BCUT2D eigenvalue weighted by atomic mass is 9.91. The van der Waals surface area contributed by atoms with Crippen LogP contribution in [0.2, 0.25) is 0 Å². The van der Waals surface area contributed by atoms with Crippen molar-refractivity contribution < 1.29 is 18.7 Å². The Morgan fingerprint density at radius 1 is 1.12 bits per heavy atom. The average molecular weight is 439 g/mol. The Kier molecular flexibility index (Phi) is 6.60. The standard InChI is InChI=1S/C26H31FN2O3/c1-19-6-11-25-22(15-19)16-29(20(2)30)18-26(32-25)12-4-14-28(17-26)13-3-5-24(31)21-7-9-23(27)10-8-21/h6-11,15H,3-5,12-14,16-18H2,1-2H3/t26-/m0/s1. The van der Waals surface area contributed by atoms with Gasteiger partial charge in [0, 0.05) is 37.6 Å². The van der Waals surface area contributed by atoms with Crippen LogP contribution >= 0.6 is 0 Å². The summed E-state index contributed by atoms with van der Waals surface area (Å²) in [4.78, 5) is 29.0. The lowest BCUT2D eigenvalue weighted by Gasteiger charge is -2.43. The summed E-state index contributed by atoms with van der Waals surface area (Å²) >= 11 is 0. The van der Waals surface area contributed by atoms with E-state index in [0.29, 0.717) is 25.1 Å². The molecule has 0 unspecified atom stereocenters. The topological polar surface area (TPSA) is 49.9 Å². The van der Waals surface area contributed by atoms with Crippen molar-refractivity contribution in [3.05, 3.63) is 65.0 Å². The third-order valence-corrected chi connectivity index (χ3v) is 6.49. The zero-order chi connectivity index (χ0) is 22.7. The van der Waals surface area contributed by atoms with Crippen LogP contribution in [0.25, 0.3) is 0 Å². The summed E-state index contributed by atoms with van der Waals surface area (Å²) in [7, 11) is 0. The molecule has 32 heavy (non-hydrogen) atoms. The number of hydrogen-bond acceptors (Lipinski definition) is 4. The zero-order valence-corrected chi connectivity index (χ0v) is 18.9. The highest BCUT2D eigenvalue weighted by Crippen LogP contribution is 2.35. The molecule has 2 aromatic carbocycles. The van der Waals surface area contributed by atoms with Gasteiger partial charge < -0.3 is 9.64 Å². The van der Waals surface area contributed by atoms with Crippen LogP contribution in [0.5, 0.6) is 5.75 Å². The molecule has 1 spiro atoms. The smallest absolute Gasteiger partial charge is 0.219 e. The number of hydrogen-bond donors (Lipinski definition) is 0. The third-order valence-electron chi connectivity index (χ3n) is 6.49.